The van der Waals surface area contributed by atoms with Crippen LogP contribution in [0.25, 0.3) is 0 Å². The van der Waals surface area contributed by atoms with Gasteiger partial charge in [0.1, 0.15) is 5.75 Å². The van der Waals surface area contributed by atoms with E-state index in [2.05, 4.69) is 5.32 Å². The van der Waals surface area contributed by atoms with Gasteiger partial charge in [0.25, 0.3) is 5.91 Å². The Kier molecular flexibility index (Phi) is 5.80. The zero-order valence-corrected chi connectivity index (χ0v) is 18.3. The zero-order chi connectivity index (χ0) is 22.0. The van der Waals surface area contributed by atoms with Gasteiger partial charge in [-0.15, -0.1) is 0 Å². The second-order valence-corrected chi connectivity index (χ2v) is 9.48. The number of hydrogen-bond acceptors (Lipinski definition) is 4. The van der Waals surface area contributed by atoms with E-state index >= 15 is 0 Å². The van der Waals surface area contributed by atoms with E-state index in [0.29, 0.717) is 36.5 Å². The summed E-state index contributed by atoms with van der Waals surface area (Å²) in [4.78, 5) is 12.8. The second-order valence-electron chi connectivity index (χ2n) is 7.54. The van der Waals surface area contributed by atoms with Gasteiger partial charge in [-0.25, -0.2) is 8.42 Å². The SMILES string of the molecule is COc1ccc(C)cc1NC(=O)c1ccc(S(=O)(=O)N2CCc3ccccc3C2)cc1. The molecule has 1 aliphatic rings. The normalized spacial score (nSPS) is 14.0. The van der Waals surface area contributed by atoms with Crippen molar-refractivity contribution in [2.24, 2.45) is 0 Å². The van der Waals surface area contributed by atoms with E-state index in [0.717, 1.165) is 11.1 Å². The molecule has 0 unspecified atom stereocenters. The van der Waals surface area contributed by atoms with Crippen LogP contribution in [-0.2, 0) is 23.0 Å². The smallest absolute Gasteiger partial charge is 0.255 e. The predicted molar refractivity (Wildman–Crippen MR) is 120 cm³/mol. The molecule has 4 rings (SSSR count). The molecule has 0 fully saturated rings. The van der Waals surface area contributed by atoms with Gasteiger partial charge in [0.05, 0.1) is 17.7 Å². The minimum atomic E-state index is -3.64. The number of aryl methyl sites for hydroxylation is 1. The summed E-state index contributed by atoms with van der Waals surface area (Å²) in [5.74, 6) is 0.225. The molecule has 1 heterocycles. The number of amides is 1. The number of anilines is 1. The molecule has 0 bridgehead atoms. The molecule has 0 radical (unpaired) electrons. The average molecular weight is 437 g/mol. The monoisotopic (exact) mass is 436 g/mol. The Morgan fingerprint density at radius 2 is 1.71 bits per heavy atom. The molecule has 0 atom stereocenters. The number of carbonyl (C=O) groups excluding carboxylic acids is 1. The first-order chi connectivity index (χ1) is 14.9. The molecule has 1 aliphatic heterocycles. The number of fused-ring (bicyclic) bond motifs is 1. The number of nitrogens with zero attached hydrogens (tertiary/aromatic N) is 1. The molecule has 0 aliphatic carbocycles. The van der Waals surface area contributed by atoms with E-state index in [-0.39, 0.29) is 10.8 Å². The van der Waals surface area contributed by atoms with Crippen LogP contribution in [0.5, 0.6) is 5.75 Å². The Morgan fingerprint density at radius 3 is 2.42 bits per heavy atom. The highest BCUT2D eigenvalue weighted by Gasteiger charge is 2.28. The largest absolute Gasteiger partial charge is 0.495 e. The minimum Gasteiger partial charge on any atom is -0.495 e. The quantitative estimate of drug-likeness (QED) is 0.656. The van der Waals surface area contributed by atoms with E-state index in [1.54, 1.807) is 13.2 Å². The molecular formula is C24H24N2O4S. The lowest BCUT2D eigenvalue weighted by molar-refractivity contribution is 0.102. The molecular weight excluding hydrogens is 412 g/mol. The lowest BCUT2D eigenvalue weighted by Gasteiger charge is -2.28. The number of rotatable bonds is 5. The van der Waals surface area contributed by atoms with Crippen molar-refractivity contribution in [2.45, 2.75) is 24.8 Å². The van der Waals surface area contributed by atoms with E-state index in [4.69, 9.17) is 4.74 Å². The third kappa shape index (κ3) is 4.33. The van der Waals surface area contributed by atoms with Crippen molar-refractivity contribution in [1.29, 1.82) is 0 Å². The first-order valence-corrected chi connectivity index (χ1v) is 11.5. The fourth-order valence-corrected chi connectivity index (χ4v) is 5.14. The van der Waals surface area contributed by atoms with Crippen LogP contribution in [0.1, 0.15) is 27.0 Å². The first-order valence-electron chi connectivity index (χ1n) is 10.0. The predicted octanol–water partition coefficient (Wildman–Crippen LogP) is 4.00. The van der Waals surface area contributed by atoms with Crippen molar-refractivity contribution in [2.75, 3.05) is 19.0 Å². The highest BCUT2D eigenvalue weighted by molar-refractivity contribution is 7.89. The summed E-state index contributed by atoms with van der Waals surface area (Å²) in [5, 5.41) is 2.83. The van der Waals surface area contributed by atoms with Crippen LogP contribution >= 0.6 is 0 Å². The number of sulfonamides is 1. The summed E-state index contributed by atoms with van der Waals surface area (Å²) in [6, 6.07) is 19.4. The van der Waals surface area contributed by atoms with E-state index in [1.807, 2.05) is 43.3 Å². The number of methoxy groups -OCH3 is 1. The van der Waals surface area contributed by atoms with Crippen LogP contribution in [0.2, 0.25) is 0 Å². The van der Waals surface area contributed by atoms with Gasteiger partial charge >= 0.3 is 0 Å². The number of carbonyl (C=O) groups is 1. The average Bonchev–Trinajstić information content (AvgIpc) is 2.79. The third-order valence-corrected chi connectivity index (χ3v) is 7.31. The van der Waals surface area contributed by atoms with E-state index in [1.165, 1.54) is 34.1 Å². The van der Waals surface area contributed by atoms with Gasteiger partial charge in [0.2, 0.25) is 10.0 Å². The van der Waals surface area contributed by atoms with Gasteiger partial charge in [-0.3, -0.25) is 4.79 Å². The molecule has 3 aromatic rings. The van der Waals surface area contributed by atoms with Crippen LogP contribution in [0.4, 0.5) is 5.69 Å². The zero-order valence-electron chi connectivity index (χ0n) is 17.5. The standard InChI is InChI=1S/C24H24N2O4S/c1-17-7-12-23(30-2)22(15-17)25-24(27)19-8-10-21(11-9-19)31(28,29)26-14-13-18-5-3-4-6-20(18)16-26/h3-12,15H,13-14,16H2,1-2H3,(H,25,27). The van der Waals surface area contributed by atoms with Crippen LogP contribution in [0, 0.1) is 6.92 Å². The van der Waals surface area contributed by atoms with Crippen LogP contribution < -0.4 is 10.1 Å². The van der Waals surface area contributed by atoms with E-state index < -0.39 is 10.0 Å². The summed E-state index contributed by atoms with van der Waals surface area (Å²) in [6.45, 7) is 2.72. The summed E-state index contributed by atoms with van der Waals surface area (Å²) in [5.41, 5.74) is 4.14. The highest BCUT2D eigenvalue weighted by Crippen LogP contribution is 2.27. The first kappa shape index (κ1) is 21.1. The van der Waals surface area contributed by atoms with Gasteiger partial charge in [-0.2, -0.15) is 4.31 Å². The summed E-state index contributed by atoms with van der Waals surface area (Å²) >= 11 is 0. The summed E-state index contributed by atoms with van der Waals surface area (Å²) in [7, 11) is -2.10. The molecule has 3 aromatic carbocycles. The maximum Gasteiger partial charge on any atom is 0.255 e. The minimum absolute atomic E-state index is 0.177. The second kappa shape index (κ2) is 8.53. The van der Waals surface area contributed by atoms with Crippen molar-refractivity contribution < 1.29 is 17.9 Å². The molecule has 0 saturated carbocycles. The Labute approximate surface area is 182 Å². The summed E-state index contributed by atoms with van der Waals surface area (Å²) in [6.07, 6.45) is 0.689. The Morgan fingerprint density at radius 1 is 1.00 bits per heavy atom. The molecule has 1 amide bonds. The van der Waals surface area contributed by atoms with Crippen molar-refractivity contribution in [3.63, 3.8) is 0 Å². The molecule has 6 nitrogen and oxygen atoms in total. The molecule has 7 heteroatoms. The van der Waals surface area contributed by atoms with Gasteiger partial charge in [0.15, 0.2) is 0 Å². The number of benzene rings is 3. The van der Waals surface area contributed by atoms with Gasteiger partial charge in [0, 0.05) is 18.7 Å². The molecule has 160 valence electrons. The number of hydrogen-bond donors (Lipinski definition) is 1. The lowest BCUT2D eigenvalue weighted by Crippen LogP contribution is -2.35. The van der Waals surface area contributed by atoms with Gasteiger partial charge < -0.3 is 10.1 Å². The molecule has 0 saturated heterocycles. The Hall–Kier alpha value is -3.16. The van der Waals surface area contributed by atoms with Crippen molar-refractivity contribution in [1.82, 2.24) is 4.31 Å². The molecule has 31 heavy (non-hydrogen) atoms. The maximum absolute atomic E-state index is 13.1. The van der Waals surface area contributed by atoms with Crippen molar-refractivity contribution in [3.8, 4) is 5.75 Å². The van der Waals surface area contributed by atoms with Crippen molar-refractivity contribution >= 4 is 21.6 Å². The van der Waals surface area contributed by atoms with Gasteiger partial charge in [-0.1, -0.05) is 30.3 Å². The fourth-order valence-electron chi connectivity index (χ4n) is 3.72. The molecule has 0 aromatic heterocycles. The highest BCUT2D eigenvalue weighted by atomic mass is 32.2. The van der Waals surface area contributed by atoms with Crippen molar-refractivity contribution in [3.05, 3.63) is 89.0 Å². The fraction of sp³-hybridized carbons (Fsp3) is 0.208. The summed E-state index contributed by atoms with van der Waals surface area (Å²) < 4.78 is 33.0. The Bertz CT molecular complexity index is 1220. The molecule has 1 N–H and O–H groups in total. The maximum atomic E-state index is 13.1. The van der Waals surface area contributed by atoms with Crippen LogP contribution in [0.3, 0.4) is 0 Å². The number of ether oxygens (including phenoxy) is 1. The van der Waals surface area contributed by atoms with Gasteiger partial charge in [-0.05, 0) is 66.4 Å². The van der Waals surface area contributed by atoms with E-state index in [9.17, 15) is 13.2 Å². The lowest BCUT2D eigenvalue weighted by atomic mass is 10.0. The third-order valence-electron chi connectivity index (χ3n) is 5.45. The van der Waals surface area contributed by atoms with Crippen LogP contribution in [0.15, 0.2) is 71.6 Å². The topological polar surface area (TPSA) is 75.7 Å². The van der Waals surface area contributed by atoms with Crippen LogP contribution in [-0.4, -0.2) is 32.3 Å². The Balaban J connectivity index is 1.51. The number of nitrogens with one attached hydrogen (secondary N) is 1. The molecule has 0 spiro atoms.